The van der Waals surface area contributed by atoms with Crippen LogP contribution in [0.2, 0.25) is 0 Å². The van der Waals surface area contributed by atoms with Crippen molar-refractivity contribution < 1.29 is 18.7 Å². The SMILES string of the molecule is O=C(Cc1cccc(NC(=O)c2ccc(OCc3ccccn3)c(F)c2)c1)NC1CC1. The summed E-state index contributed by atoms with van der Waals surface area (Å²) >= 11 is 0. The maximum Gasteiger partial charge on any atom is 0.255 e. The Hall–Kier alpha value is -3.74. The maximum absolute atomic E-state index is 14.4. The van der Waals surface area contributed by atoms with Crippen LogP contribution in [-0.4, -0.2) is 22.8 Å². The van der Waals surface area contributed by atoms with Gasteiger partial charge in [-0.15, -0.1) is 0 Å². The molecule has 1 fully saturated rings. The van der Waals surface area contributed by atoms with Crippen molar-refractivity contribution in [1.29, 1.82) is 0 Å². The van der Waals surface area contributed by atoms with E-state index >= 15 is 0 Å². The molecule has 1 aromatic heterocycles. The Morgan fingerprint density at radius 3 is 2.68 bits per heavy atom. The predicted octanol–water partition coefficient (Wildman–Crippen LogP) is 3.87. The van der Waals surface area contributed by atoms with Crippen LogP contribution in [0, 0.1) is 5.82 Å². The van der Waals surface area contributed by atoms with Crippen LogP contribution in [0.5, 0.6) is 5.75 Å². The van der Waals surface area contributed by atoms with Crippen LogP contribution in [0.25, 0.3) is 0 Å². The Balaban J connectivity index is 1.36. The first kappa shape index (κ1) is 20.5. The molecule has 2 amide bonds. The van der Waals surface area contributed by atoms with Gasteiger partial charge in [0.15, 0.2) is 11.6 Å². The lowest BCUT2D eigenvalue weighted by Crippen LogP contribution is -2.27. The van der Waals surface area contributed by atoms with Gasteiger partial charge in [-0.25, -0.2) is 4.39 Å². The fraction of sp³-hybridized carbons (Fsp3) is 0.208. The van der Waals surface area contributed by atoms with Gasteiger partial charge in [-0.3, -0.25) is 14.6 Å². The third kappa shape index (κ3) is 5.88. The number of ether oxygens (including phenoxy) is 1. The van der Waals surface area contributed by atoms with Crippen molar-refractivity contribution in [3.63, 3.8) is 0 Å². The summed E-state index contributed by atoms with van der Waals surface area (Å²) in [6.07, 6.45) is 3.95. The normalized spacial score (nSPS) is 12.8. The Bertz CT molecular complexity index is 1080. The van der Waals surface area contributed by atoms with Gasteiger partial charge in [-0.2, -0.15) is 0 Å². The van der Waals surface area contributed by atoms with Gasteiger partial charge in [0.25, 0.3) is 5.91 Å². The van der Waals surface area contributed by atoms with E-state index < -0.39 is 11.7 Å². The molecule has 31 heavy (non-hydrogen) atoms. The second-order valence-corrected chi connectivity index (χ2v) is 7.43. The van der Waals surface area contributed by atoms with Gasteiger partial charge in [-0.05, 0) is 60.9 Å². The van der Waals surface area contributed by atoms with Crippen LogP contribution in [0.4, 0.5) is 10.1 Å². The van der Waals surface area contributed by atoms with E-state index in [4.69, 9.17) is 4.74 Å². The van der Waals surface area contributed by atoms with Crippen molar-refractivity contribution in [3.8, 4) is 5.75 Å². The van der Waals surface area contributed by atoms with Crippen LogP contribution >= 0.6 is 0 Å². The van der Waals surface area contributed by atoms with Crippen molar-refractivity contribution in [3.05, 3.63) is 89.5 Å². The van der Waals surface area contributed by atoms with Crippen LogP contribution in [0.3, 0.4) is 0 Å². The molecule has 0 unspecified atom stereocenters. The largest absolute Gasteiger partial charge is 0.484 e. The standard InChI is InChI=1S/C24H22FN3O3/c25-21-14-17(7-10-22(21)31-15-20-5-1-2-11-26-20)24(30)28-19-6-3-4-16(12-19)13-23(29)27-18-8-9-18/h1-7,10-12,14,18H,8-9,13,15H2,(H,27,29)(H,28,30). The molecule has 0 atom stereocenters. The lowest BCUT2D eigenvalue weighted by Gasteiger charge is -2.10. The van der Waals surface area contributed by atoms with E-state index in [0.717, 1.165) is 24.5 Å². The van der Waals surface area contributed by atoms with Crippen molar-refractivity contribution in [2.75, 3.05) is 5.32 Å². The number of halogens is 1. The molecular formula is C24H22FN3O3. The van der Waals surface area contributed by atoms with Crippen molar-refractivity contribution >= 4 is 17.5 Å². The van der Waals surface area contributed by atoms with E-state index in [1.165, 1.54) is 12.1 Å². The van der Waals surface area contributed by atoms with Crippen LogP contribution < -0.4 is 15.4 Å². The number of carbonyl (C=O) groups excluding carboxylic acids is 2. The predicted molar refractivity (Wildman–Crippen MR) is 114 cm³/mol. The minimum Gasteiger partial charge on any atom is -0.484 e. The molecule has 0 aliphatic heterocycles. The monoisotopic (exact) mass is 419 g/mol. The number of aromatic nitrogens is 1. The van der Waals surface area contributed by atoms with Crippen molar-refractivity contribution in [1.82, 2.24) is 10.3 Å². The summed E-state index contributed by atoms with van der Waals surface area (Å²) in [4.78, 5) is 28.6. The third-order valence-electron chi connectivity index (χ3n) is 4.79. The second-order valence-electron chi connectivity index (χ2n) is 7.43. The molecular weight excluding hydrogens is 397 g/mol. The van der Waals surface area contributed by atoms with Gasteiger partial charge < -0.3 is 15.4 Å². The zero-order valence-electron chi connectivity index (χ0n) is 16.8. The van der Waals surface area contributed by atoms with Crippen LogP contribution in [0.1, 0.15) is 34.5 Å². The second kappa shape index (κ2) is 9.38. The van der Waals surface area contributed by atoms with Gasteiger partial charge in [0.1, 0.15) is 6.61 Å². The highest BCUT2D eigenvalue weighted by atomic mass is 19.1. The number of hydrogen-bond acceptors (Lipinski definition) is 4. The number of pyridine rings is 1. The highest BCUT2D eigenvalue weighted by Crippen LogP contribution is 2.21. The van der Waals surface area contributed by atoms with Crippen LogP contribution in [-0.2, 0) is 17.8 Å². The molecule has 1 aliphatic carbocycles. The fourth-order valence-corrected chi connectivity index (χ4v) is 3.05. The first-order valence-electron chi connectivity index (χ1n) is 10.1. The third-order valence-corrected chi connectivity index (χ3v) is 4.79. The lowest BCUT2D eigenvalue weighted by atomic mass is 10.1. The summed E-state index contributed by atoms with van der Waals surface area (Å²) in [5.41, 5.74) is 2.17. The van der Waals surface area contributed by atoms with E-state index in [0.29, 0.717) is 17.4 Å². The molecule has 1 aliphatic rings. The molecule has 6 nitrogen and oxygen atoms in total. The number of rotatable bonds is 8. The van der Waals surface area contributed by atoms with Gasteiger partial charge >= 0.3 is 0 Å². The molecule has 4 rings (SSSR count). The van der Waals surface area contributed by atoms with E-state index in [1.807, 2.05) is 12.1 Å². The first-order valence-corrected chi connectivity index (χ1v) is 10.1. The van der Waals surface area contributed by atoms with Gasteiger partial charge in [-0.1, -0.05) is 18.2 Å². The molecule has 0 radical (unpaired) electrons. The first-order chi connectivity index (χ1) is 15.1. The zero-order chi connectivity index (χ0) is 21.6. The smallest absolute Gasteiger partial charge is 0.255 e. The lowest BCUT2D eigenvalue weighted by molar-refractivity contribution is -0.120. The summed E-state index contributed by atoms with van der Waals surface area (Å²) in [6, 6.07) is 16.8. The highest BCUT2D eigenvalue weighted by Gasteiger charge is 2.23. The van der Waals surface area contributed by atoms with Gasteiger partial charge in [0.2, 0.25) is 5.91 Å². The number of nitrogens with one attached hydrogen (secondary N) is 2. The summed E-state index contributed by atoms with van der Waals surface area (Å²) in [5, 5.41) is 5.68. The van der Waals surface area contributed by atoms with Crippen LogP contribution in [0.15, 0.2) is 66.9 Å². The number of carbonyl (C=O) groups is 2. The molecule has 1 heterocycles. The average Bonchev–Trinajstić information content (AvgIpc) is 3.57. The molecule has 0 saturated heterocycles. The summed E-state index contributed by atoms with van der Waals surface area (Å²) in [6.45, 7) is 0.129. The number of amides is 2. The van der Waals surface area contributed by atoms with Crippen molar-refractivity contribution in [2.24, 2.45) is 0 Å². The number of hydrogen-bond donors (Lipinski definition) is 2. The zero-order valence-corrected chi connectivity index (χ0v) is 16.8. The summed E-state index contributed by atoms with van der Waals surface area (Å²) in [5.74, 6) is -1.07. The Morgan fingerprint density at radius 1 is 1.06 bits per heavy atom. The average molecular weight is 419 g/mol. The minimum atomic E-state index is -0.630. The van der Waals surface area contributed by atoms with E-state index in [-0.39, 0.29) is 30.2 Å². The summed E-state index contributed by atoms with van der Waals surface area (Å²) < 4.78 is 19.9. The molecule has 1 saturated carbocycles. The molecule has 7 heteroatoms. The summed E-state index contributed by atoms with van der Waals surface area (Å²) in [7, 11) is 0. The fourth-order valence-electron chi connectivity index (χ4n) is 3.05. The minimum absolute atomic E-state index is 0.0330. The topological polar surface area (TPSA) is 80.3 Å². The Kier molecular flexibility index (Phi) is 6.21. The molecule has 3 aromatic rings. The Morgan fingerprint density at radius 2 is 1.94 bits per heavy atom. The van der Waals surface area contributed by atoms with E-state index in [2.05, 4.69) is 15.6 Å². The molecule has 2 N–H and O–H groups in total. The molecule has 0 spiro atoms. The number of nitrogens with zero attached hydrogens (tertiary/aromatic N) is 1. The molecule has 0 bridgehead atoms. The number of anilines is 1. The highest BCUT2D eigenvalue weighted by molar-refractivity contribution is 6.04. The van der Waals surface area contributed by atoms with Gasteiger partial charge in [0.05, 0.1) is 12.1 Å². The number of benzene rings is 2. The molecule has 2 aromatic carbocycles. The maximum atomic E-state index is 14.4. The molecule has 158 valence electrons. The van der Waals surface area contributed by atoms with Gasteiger partial charge in [0, 0.05) is 23.5 Å². The van der Waals surface area contributed by atoms with E-state index in [1.54, 1.807) is 36.5 Å². The quantitative estimate of drug-likeness (QED) is 0.581. The van der Waals surface area contributed by atoms with E-state index in [9.17, 15) is 14.0 Å². The van der Waals surface area contributed by atoms with Crippen molar-refractivity contribution in [2.45, 2.75) is 31.9 Å². The Labute approximate surface area is 179 Å².